The molecule has 0 spiro atoms. The topological polar surface area (TPSA) is 41.6 Å². The van der Waals surface area contributed by atoms with E-state index in [1.165, 1.54) is 38.5 Å². The summed E-state index contributed by atoms with van der Waals surface area (Å²) in [6, 6.07) is 0.529. The molecule has 1 aliphatic carbocycles. The maximum absolute atomic E-state index is 5.89. The van der Waals surface area contributed by atoms with Crippen LogP contribution in [0.15, 0.2) is 17.6 Å². The van der Waals surface area contributed by atoms with E-state index in [0.29, 0.717) is 12.0 Å². The average Bonchev–Trinajstić information content (AvgIpc) is 2.64. The van der Waals surface area contributed by atoms with Crippen molar-refractivity contribution in [1.29, 1.82) is 0 Å². The zero-order valence-corrected chi connectivity index (χ0v) is 10.1. The van der Waals surface area contributed by atoms with Gasteiger partial charge in [-0.2, -0.15) is 0 Å². The SMILES string of the molecule is C=CCN1C(N)=NCC1CC1CCCCC1. The van der Waals surface area contributed by atoms with Gasteiger partial charge in [-0.05, 0) is 12.3 Å². The summed E-state index contributed by atoms with van der Waals surface area (Å²) in [6.45, 7) is 5.51. The number of rotatable bonds is 4. The first-order valence-corrected chi connectivity index (χ1v) is 6.48. The van der Waals surface area contributed by atoms with Gasteiger partial charge >= 0.3 is 0 Å². The van der Waals surface area contributed by atoms with Crippen LogP contribution in [-0.4, -0.2) is 30.0 Å². The Bertz CT molecular complexity index is 266. The molecule has 3 nitrogen and oxygen atoms in total. The van der Waals surface area contributed by atoms with Crippen molar-refractivity contribution in [3.63, 3.8) is 0 Å². The molecule has 0 amide bonds. The number of hydrogen-bond acceptors (Lipinski definition) is 3. The second-order valence-electron chi connectivity index (χ2n) is 5.03. The van der Waals surface area contributed by atoms with Crippen molar-refractivity contribution in [3.05, 3.63) is 12.7 Å². The van der Waals surface area contributed by atoms with Gasteiger partial charge in [0.15, 0.2) is 5.96 Å². The highest BCUT2D eigenvalue weighted by Gasteiger charge is 2.28. The van der Waals surface area contributed by atoms with Gasteiger partial charge < -0.3 is 10.6 Å². The maximum Gasteiger partial charge on any atom is 0.191 e. The standard InChI is InChI=1S/C13H23N3/c1-2-8-16-12(10-15-13(16)14)9-11-6-4-3-5-7-11/h2,11-12H,1,3-10H2,(H2,14,15). The van der Waals surface area contributed by atoms with Gasteiger partial charge in [-0.25, -0.2) is 0 Å². The van der Waals surface area contributed by atoms with Crippen LogP contribution in [0.3, 0.4) is 0 Å². The summed E-state index contributed by atoms with van der Waals surface area (Å²) in [5.41, 5.74) is 5.89. The number of hydrogen-bond donors (Lipinski definition) is 1. The van der Waals surface area contributed by atoms with Gasteiger partial charge in [0, 0.05) is 6.54 Å². The smallest absolute Gasteiger partial charge is 0.191 e. The van der Waals surface area contributed by atoms with E-state index in [2.05, 4.69) is 16.5 Å². The lowest BCUT2D eigenvalue weighted by Crippen LogP contribution is -2.41. The molecule has 2 aliphatic rings. The predicted molar refractivity (Wildman–Crippen MR) is 68.4 cm³/mol. The second-order valence-corrected chi connectivity index (χ2v) is 5.03. The van der Waals surface area contributed by atoms with Crippen LogP contribution in [0.25, 0.3) is 0 Å². The van der Waals surface area contributed by atoms with E-state index in [-0.39, 0.29) is 0 Å². The Labute approximate surface area is 98.4 Å². The minimum atomic E-state index is 0.529. The fourth-order valence-electron chi connectivity index (χ4n) is 2.97. The highest BCUT2D eigenvalue weighted by molar-refractivity contribution is 5.80. The normalized spacial score (nSPS) is 26.9. The molecule has 3 heteroatoms. The van der Waals surface area contributed by atoms with E-state index in [1.807, 2.05) is 6.08 Å². The first kappa shape index (κ1) is 11.5. The van der Waals surface area contributed by atoms with Crippen LogP contribution in [0.5, 0.6) is 0 Å². The van der Waals surface area contributed by atoms with Crippen molar-refractivity contribution in [2.75, 3.05) is 13.1 Å². The van der Waals surface area contributed by atoms with Crippen molar-refractivity contribution in [1.82, 2.24) is 4.90 Å². The van der Waals surface area contributed by atoms with Gasteiger partial charge in [0.1, 0.15) is 0 Å². The molecule has 1 heterocycles. The lowest BCUT2D eigenvalue weighted by atomic mass is 9.84. The van der Waals surface area contributed by atoms with Crippen LogP contribution < -0.4 is 5.73 Å². The zero-order chi connectivity index (χ0) is 11.4. The van der Waals surface area contributed by atoms with E-state index in [0.717, 1.165) is 19.0 Å². The first-order chi connectivity index (χ1) is 7.81. The first-order valence-electron chi connectivity index (χ1n) is 6.48. The third-order valence-electron chi connectivity index (χ3n) is 3.86. The van der Waals surface area contributed by atoms with Gasteiger partial charge in [-0.3, -0.25) is 4.99 Å². The van der Waals surface area contributed by atoms with Crippen LogP contribution in [0.4, 0.5) is 0 Å². The van der Waals surface area contributed by atoms with E-state index in [9.17, 15) is 0 Å². The maximum atomic E-state index is 5.89. The Morgan fingerprint density at radius 2 is 2.12 bits per heavy atom. The third kappa shape index (κ3) is 2.57. The Morgan fingerprint density at radius 1 is 1.38 bits per heavy atom. The Balaban J connectivity index is 1.86. The fourth-order valence-corrected chi connectivity index (χ4v) is 2.97. The molecule has 0 aromatic rings. The second kappa shape index (κ2) is 5.37. The van der Waals surface area contributed by atoms with Crippen molar-refractivity contribution >= 4 is 5.96 Å². The van der Waals surface area contributed by atoms with E-state index in [4.69, 9.17) is 5.73 Å². The number of nitrogens with two attached hydrogens (primary N) is 1. The Hall–Kier alpha value is -0.990. The highest BCUT2D eigenvalue weighted by atomic mass is 15.3. The summed E-state index contributed by atoms with van der Waals surface area (Å²) in [6.07, 6.45) is 10.2. The molecule has 0 aromatic heterocycles. The monoisotopic (exact) mass is 221 g/mol. The molecule has 0 bridgehead atoms. The third-order valence-corrected chi connectivity index (χ3v) is 3.86. The molecule has 2 rings (SSSR count). The molecular weight excluding hydrogens is 198 g/mol. The summed E-state index contributed by atoms with van der Waals surface area (Å²) in [5.74, 6) is 1.60. The minimum Gasteiger partial charge on any atom is -0.370 e. The summed E-state index contributed by atoms with van der Waals surface area (Å²) in [4.78, 5) is 6.57. The Morgan fingerprint density at radius 3 is 2.81 bits per heavy atom. The molecule has 2 N–H and O–H groups in total. The molecule has 0 saturated heterocycles. The molecule has 1 atom stereocenters. The van der Waals surface area contributed by atoms with Crippen molar-refractivity contribution in [3.8, 4) is 0 Å². The van der Waals surface area contributed by atoms with Crippen LogP contribution in [-0.2, 0) is 0 Å². The molecule has 1 saturated carbocycles. The number of guanidine groups is 1. The summed E-state index contributed by atoms with van der Waals surface area (Å²) < 4.78 is 0. The lowest BCUT2D eigenvalue weighted by molar-refractivity contribution is 0.256. The lowest BCUT2D eigenvalue weighted by Gasteiger charge is -2.30. The Kier molecular flexibility index (Phi) is 3.86. The average molecular weight is 221 g/mol. The van der Waals surface area contributed by atoms with Crippen LogP contribution in [0.2, 0.25) is 0 Å². The minimum absolute atomic E-state index is 0.529. The quantitative estimate of drug-likeness (QED) is 0.739. The van der Waals surface area contributed by atoms with Crippen LogP contribution in [0.1, 0.15) is 38.5 Å². The fraction of sp³-hybridized carbons (Fsp3) is 0.769. The largest absolute Gasteiger partial charge is 0.370 e. The van der Waals surface area contributed by atoms with Gasteiger partial charge in [0.2, 0.25) is 0 Å². The van der Waals surface area contributed by atoms with Crippen molar-refractivity contribution < 1.29 is 0 Å². The highest BCUT2D eigenvalue weighted by Crippen LogP contribution is 2.29. The number of aliphatic imine (C=N–C) groups is 1. The van der Waals surface area contributed by atoms with Crippen molar-refractivity contribution in [2.45, 2.75) is 44.6 Å². The molecule has 90 valence electrons. The van der Waals surface area contributed by atoms with Gasteiger partial charge in [0.05, 0.1) is 12.6 Å². The molecule has 1 unspecified atom stereocenters. The zero-order valence-electron chi connectivity index (χ0n) is 10.1. The molecule has 1 fully saturated rings. The molecule has 0 radical (unpaired) electrons. The van der Waals surface area contributed by atoms with Crippen LogP contribution in [0, 0.1) is 5.92 Å². The molecule has 1 aliphatic heterocycles. The summed E-state index contributed by atoms with van der Waals surface area (Å²) >= 11 is 0. The number of nitrogens with zero attached hydrogens (tertiary/aromatic N) is 2. The van der Waals surface area contributed by atoms with Gasteiger partial charge in [0.25, 0.3) is 0 Å². The molecular formula is C13H23N3. The van der Waals surface area contributed by atoms with Crippen molar-refractivity contribution in [2.24, 2.45) is 16.6 Å². The van der Waals surface area contributed by atoms with Gasteiger partial charge in [-0.15, -0.1) is 6.58 Å². The van der Waals surface area contributed by atoms with Crippen LogP contribution >= 0.6 is 0 Å². The van der Waals surface area contributed by atoms with E-state index < -0.39 is 0 Å². The van der Waals surface area contributed by atoms with Gasteiger partial charge in [-0.1, -0.05) is 38.2 Å². The molecule has 0 aromatic carbocycles. The van der Waals surface area contributed by atoms with E-state index >= 15 is 0 Å². The van der Waals surface area contributed by atoms with E-state index in [1.54, 1.807) is 0 Å². The summed E-state index contributed by atoms with van der Waals surface area (Å²) in [5, 5.41) is 0. The molecule has 16 heavy (non-hydrogen) atoms. The predicted octanol–water partition coefficient (Wildman–Crippen LogP) is 2.14. The summed E-state index contributed by atoms with van der Waals surface area (Å²) in [7, 11) is 0.